The van der Waals surface area contributed by atoms with Crippen LogP contribution >= 0.6 is 15.9 Å². The Morgan fingerprint density at radius 3 is 2.58 bits per heavy atom. The van der Waals surface area contributed by atoms with Crippen LogP contribution in [0, 0.1) is 18.3 Å². The Balaban J connectivity index is 0.000000232. The maximum Gasteiger partial charge on any atom is 0.101 e. The summed E-state index contributed by atoms with van der Waals surface area (Å²) in [5, 5.41) is 9.63. The first-order chi connectivity index (χ1) is 12.4. The summed E-state index contributed by atoms with van der Waals surface area (Å²) in [6.07, 6.45) is 3.24. The van der Waals surface area contributed by atoms with E-state index < -0.39 is 0 Å². The number of nitrogens with zero attached hydrogens (tertiary/aromatic N) is 3. The number of anilines is 1. The predicted molar refractivity (Wildman–Crippen MR) is 111 cm³/mol. The van der Waals surface area contributed by atoms with Crippen molar-refractivity contribution in [2.45, 2.75) is 6.92 Å². The van der Waals surface area contributed by atoms with E-state index in [9.17, 15) is 0 Å². The van der Waals surface area contributed by atoms with Crippen molar-refractivity contribution in [2.24, 2.45) is 0 Å². The fraction of sp³-hybridized carbons (Fsp3) is 0.350. The fourth-order valence-electron chi connectivity index (χ4n) is 2.74. The van der Waals surface area contributed by atoms with Gasteiger partial charge in [-0.2, -0.15) is 5.26 Å². The number of H-pyrrole nitrogens is 1. The topological polar surface area (TPSA) is 55.3 Å². The van der Waals surface area contributed by atoms with Crippen molar-refractivity contribution >= 4 is 32.5 Å². The van der Waals surface area contributed by atoms with Crippen molar-refractivity contribution in [1.29, 1.82) is 5.26 Å². The molecule has 26 heavy (non-hydrogen) atoms. The molecule has 0 radical (unpaired) electrons. The van der Waals surface area contributed by atoms with Crippen LogP contribution in [0.25, 0.3) is 10.9 Å². The lowest BCUT2D eigenvalue weighted by molar-refractivity contribution is 0.122. The minimum Gasteiger partial charge on any atom is -0.382 e. The second kappa shape index (κ2) is 9.46. The highest BCUT2D eigenvalue weighted by Crippen LogP contribution is 2.32. The second-order valence-corrected chi connectivity index (χ2v) is 7.16. The number of allylic oxidation sites excluding steroid dienone is 2. The Morgan fingerprint density at radius 2 is 2.04 bits per heavy atom. The zero-order valence-corrected chi connectivity index (χ0v) is 17.1. The number of hydrogen-bond acceptors (Lipinski definition) is 4. The zero-order valence-electron chi connectivity index (χ0n) is 15.6. The van der Waals surface area contributed by atoms with Crippen LogP contribution in [-0.4, -0.2) is 50.3 Å². The van der Waals surface area contributed by atoms with Crippen LogP contribution in [0.3, 0.4) is 0 Å². The first-order valence-electron chi connectivity index (χ1n) is 8.47. The van der Waals surface area contributed by atoms with E-state index in [0.29, 0.717) is 5.57 Å². The number of nitriles is 1. The highest BCUT2D eigenvalue weighted by molar-refractivity contribution is 9.10. The number of morpholine rings is 1. The summed E-state index contributed by atoms with van der Waals surface area (Å²) in [7, 11) is 3.72. The quantitative estimate of drug-likeness (QED) is 0.600. The molecule has 3 rings (SSSR count). The van der Waals surface area contributed by atoms with Gasteiger partial charge in [0.1, 0.15) is 6.07 Å². The van der Waals surface area contributed by atoms with Gasteiger partial charge in [0.15, 0.2) is 0 Å². The summed E-state index contributed by atoms with van der Waals surface area (Å²) >= 11 is 3.66. The molecule has 138 valence electrons. The normalized spacial score (nSPS) is 14.4. The molecule has 0 aliphatic carbocycles. The highest BCUT2D eigenvalue weighted by atomic mass is 79.9. The molecule has 0 amide bonds. The zero-order chi connectivity index (χ0) is 19.1. The number of nitrogens with one attached hydrogen (secondary N) is 1. The average Bonchev–Trinajstić information content (AvgIpc) is 2.99. The Bertz CT molecular complexity index is 826. The van der Waals surface area contributed by atoms with Crippen LogP contribution in [0.1, 0.15) is 5.69 Å². The van der Waals surface area contributed by atoms with Gasteiger partial charge in [-0.15, -0.1) is 0 Å². The van der Waals surface area contributed by atoms with E-state index in [2.05, 4.69) is 57.5 Å². The van der Waals surface area contributed by atoms with Gasteiger partial charge >= 0.3 is 0 Å². The Morgan fingerprint density at radius 1 is 1.35 bits per heavy atom. The Labute approximate surface area is 163 Å². The minimum absolute atomic E-state index is 0.583. The number of halogens is 1. The monoisotopic (exact) mass is 416 g/mol. The largest absolute Gasteiger partial charge is 0.382 e. The van der Waals surface area contributed by atoms with Crippen LogP contribution in [0.15, 0.2) is 47.1 Å². The van der Waals surface area contributed by atoms with Gasteiger partial charge in [0.2, 0.25) is 0 Å². The summed E-state index contributed by atoms with van der Waals surface area (Å²) < 4.78 is 6.54. The standard InChI is InChI=1S/C13H15BrN2O.C7H10N2/c1-9-6-10-7-13(11(14)8-12(10)15-9)16-2-4-17-5-3-16;1-4-7(5-8)6-9(2)3/h6-8,15H,2-5H2,1H3;4,6H,1H2,2-3H3/b;7-6-. The predicted octanol–water partition coefficient (Wildman–Crippen LogP) is 4.22. The van der Waals surface area contributed by atoms with Gasteiger partial charge in [0.25, 0.3) is 0 Å². The molecule has 0 atom stereocenters. The van der Waals surface area contributed by atoms with Gasteiger partial charge in [-0.05, 0) is 41.1 Å². The maximum absolute atomic E-state index is 8.36. The molecule has 0 saturated carbocycles. The number of rotatable bonds is 3. The van der Waals surface area contributed by atoms with E-state index >= 15 is 0 Å². The molecule has 1 aliphatic rings. The lowest BCUT2D eigenvalue weighted by atomic mass is 10.2. The number of hydrogen-bond donors (Lipinski definition) is 1. The first-order valence-corrected chi connectivity index (χ1v) is 9.26. The van der Waals surface area contributed by atoms with Crippen LogP contribution in [0.4, 0.5) is 5.69 Å². The van der Waals surface area contributed by atoms with Crippen LogP contribution in [-0.2, 0) is 4.74 Å². The van der Waals surface area contributed by atoms with E-state index in [1.165, 1.54) is 28.4 Å². The molecular weight excluding hydrogens is 392 g/mol. The molecule has 1 N–H and O–H groups in total. The molecule has 2 heterocycles. The highest BCUT2D eigenvalue weighted by Gasteiger charge is 2.15. The molecule has 1 fully saturated rings. The molecule has 2 aromatic rings. The molecule has 6 heteroatoms. The van der Waals surface area contributed by atoms with Gasteiger partial charge in [0.05, 0.1) is 24.5 Å². The van der Waals surface area contributed by atoms with Crippen molar-refractivity contribution in [3.05, 3.63) is 52.8 Å². The van der Waals surface area contributed by atoms with Gasteiger partial charge in [-0.25, -0.2) is 0 Å². The smallest absolute Gasteiger partial charge is 0.101 e. The van der Waals surface area contributed by atoms with Crippen molar-refractivity contribution < 1.29 is 4.74 Å². The summed E-state index contributed by atoms with van der Waals surface area (Å²) in [5.74, 6) is 0. The number of fused-ring (bicyclic) bond motifs is 1. The molecule has 1 aliphatic heterocycles. The molecule has 1 aromatic heterocycles. The number of benzene rings is 1. The summed E-state index contributed by atoms with van der Waals surface area (Å²) in [5.41, 5.74) is 4.23. The molecule has 0 unspecified atom stereocenters. The third-order valence-corrected chi connectivity index (χ3v) is 4.56. The van der Waals surface area contributed by atoms with Crippen molar-refractivity contribution in [3.8, 4) is 6.07 Å². The lowest BCUT2D eigenvalue weighted by Crippen LogP contribution is -2.36. The van der Waals surface area contributed by atoms with Crippen LogP contribution < -0.4 is 4.90 Å². The SMILES string of the molecule is C=C/C(C#N)=C/N(C)C.Cc1cc2cc(N3CCOCC3)c(Br)cc2[nH]1. The van der Waals surface area contributed by atoms with Crippen molar-refractivity contribution in [2.75, 3.05) is 45.3 Å². The molecule has 1 saturated heterocycles. The number of aromatic amines is 1. The number of aryl methyl sites for hydroxylation is 1. The maximum atomic E-state index is 8.36. The molecule has 0 bridgehead atoms. The Kier molecular flexibility index (Phi) is 7.31. The van der Waals surface area contributed by atoms with Crippen molar-refractivity contribution in [3.63, 3.8) is 0 Å². The third-order valence-electron chi connectivity index (χ3n) is 3.92. The first kappa shape index (κ1) is 20.1. The molecule has 0 spiro atoms. The van der Waals surface area contributed by atoms with Gasteiger partial charge in [-0.1, -0.05) is 12.7 Å². The van der Waals surface area contributed by atoms with Gasteiger partial charge < -0.3 is 19.5 Å². The van der Waals surface area contributed by atoms with Crippen LogP contribution in [0.5, 0.6) is 0 Å². The molecular formula is C20H25BrN4O. The number of aromatic nitrogens is 1. The van der Waals surface area contributed by atoms with E-state index in [1.54, 1.807) is 11.1 Å². The van der Waals surface area contributed by atoms with Gasteiger partial charge in [0, 0.05) is 54.5 Å². The van der Waals surface area contributed by atoms with Crippen molar-refractivity contribution in [1.82, 2.24) is 9.88 Å². The van der Waals surface area contributed by atoms with E-state index in [-0.39, 0.29) is 0 Å². The van der Waals surface area contributed by atoms with Gasteiger partial charge in [-0.3, -0.25) is 0 Å². The average molecular weight is 417 g/mol. The second-order valence-electron chi connectivity index (χ2n) is 6.31. The molecule has 1 aromatic carbocycles. The van der Waals surface area contributed by atoms with E-state index in [4.69, 9.17) is 10.00 Å². The fourth-order valence-corrected chi connectivity index (χ4v) is 3.33. The third kappa shape index (κ3) is 5.38. The van der Waals surface area contributed by atoms with Crippen LogP contribution in [0.2, 0.25) is 0 Å². The number of ether oxygens (including phenoxy) is 1. The molecule has 5 nitrogen and oxygen atoms in total. The lowest BCUT2D eigenvalue weighted by Gasteiger charge is -2.29. The van der Waals surface area contributed by atoms with E-state index in [0.717, 1.165) is 30.8 Å². The van der Waals surface area contributed by atoms with E-state index in [1.807, 2.05) is 20.2 Å². The summed E-state index contributed by atoms with van der Waals surface area (Å²) in [6, 6.07) is 8.57. The minimum atomic E-state index is 0.583. The Hall–Kier alpha value is -2.23. The summed E-state index contributed by atoms with van der Waals surface area (Å²) in [4.78, 5) is 7.53. The summed E-state index contributed by atoms with van der Waals surface area (Å²) in [6.45, 7) is 9.12.